The lowest BCUT2D eigenvalue weighted by Crippen LogP contribution is -2.51. The number of rotatable bonds is 13. The molecule has 0 radical (unpaired) electrons. The lowest BCUT2D eigenvalue weighted by atomic mass is 9.82. The summed E-state index contributed by atoms with van der Waals surface area (Å²) in [6.07, 6.45) is 9.90. The van der Waals surface area contributed by atoms with Gasteiger partial charge in [0.1, 0.15) is 0 Å². The second-order valence-corrected chi connectivity index (χ2v) is 10.4. The highest BCUT2D eigenvalue weighted by Gasteiger charge is 2.35. The normalized spacial score (nSPS) is 13.8. The monoisotopic (exact) mass is 491 g/mol. The van der Waals surface area contributed by atoms with Crippen LogP contribution in [0.3, 0.4) is 0 Å². The minimum Gasteiger partial charge on any atom is -0.336 e. The summed E-state index contributed by atoms with van der Waals surface area (Å²) in [5.41, 5.74) is 5.06. The summed E-state index contributed by atoms with van der Waals surface area (Å²) in [6.45, 7) is 4.07. The van der Waals surface area contributed by atoms with Crippen LogP contribution in [0.15, 0.2) is 55.1 Å². The van der Waals surface area contributed by atoms with E-state index < -0.39 is 33.7 Å². The summed E-state index contributed by atoms with van der Waals surface area (Å²) in [6, 6.07) is 9.47. The van der Waals surface area contributed by atoms with E-state index in [1.807, 2.05) is 50.3 Å². The largest absolute Gasteiger partial charge is 0.336 e. The highest BCUT2D eigenvalue weighted by Crippen LogP contribution is 2.25. The van der Waals surface area contributed by atoms with Crippen LogP contribution < -0.4 is 10.9 Å². The SMILES string of the molecule is CC(C)C[C@@H](C(=O)NN(CCn1ccnc1)S(C)(=O)=O)[C@H](C/C=C/c1ccccc1)C(=O)NO. The van der Waals surface area contributed by atoms with Gasteiger partial charge in [0, 0.05) is 18.9 Å². The van der Waals surface area contributed by atoms with E-state index in [2.05, 4.69) is 10.4 Å². The number of imidazole rings is 1. The van der Waals surface area contributed by atoms with Crippen molar-refractivity contribution < 1.29 is 23.2 Å². The molecule has 2 rings (SSSR count). The summed E-state index contributed by atoms with van der Waals surface area (Å²) < 4.78 is 27.2. The van der Waals surface area contributed by atoms with Crippen LogP contribution in [0.5, 0.6) is 0 Å². The average molecular weight is 492 g/mol. The van der Waals surface area contributed by atoms with Crippen LogP contribution in [0.1, 0.15) is 32.3 Å². The Morgan fingerprint density at radius 2 is 1.88 bits per heavy atom. The molecule has 1 heterocycles. The highest BCUT2D eigenvalue weighted by atomic mass is 32.2. The molecule has 0 saturated heterocycles. The number of nitrogens with one attached hydrogen (secondary N) is 2. The molecule has 0 saturated carbocycles. The molecule has 34 heavy (non-hydrogen) atoms. The molecule has 0 aliphatic carbocycles. The van der Waals surface area contributed by atoms with Crippen molar-refractivity contribution in [2.24, 2.45) is 17.8 Å². The quantitative estimate of drug-likeness (QED) is 0.290. The zero-order chi connectivity index (χ0) is 25.1. The average Bonchev–Trinajstić information content (AvgIpc) is 3.31. The van der Waals surface area contributed by atoms with Crippen molar-refractivity contribution in [1.82, 2.24) is 24.9 Å². The van der Waals surface area contributed by atoms with Crippen molar-refractivity contribution >= 4 is 27.9 Å². The lowest BCUT2D eigenvalue weighted by Gasteiger charge is -2.28. The first-order chi connectivity index (χ1) is 16.1. The van der Waals surface area contributed by atoms with Gasteiger partial charge in [-0.3, -0.25) is 20.2 Å². The Kier molecular flexibility index (Phi) is 10.4. The summed E-state index contributed by atoms with van der Waals surface area (Å²) in [5.74, 6) is -3.04. The van der Waals surface area contributed by atoms with Crippen LogP contribution >= 0.6 is 0 Å². The number of hydrogen-bond donors (Lipinski definition) is 3. The number of hydrazine groups is 1. The van der Waals surface area contributed by atoms with Crippen LogP contribution in [0.2, 0.25) is 0 Å². The standard InChI is InChI=1S/C23H33N5O5S/c1-18(2)16-21(20(23(30)26-31)11-7-10-19-8-5-4-6-9-19)22(29)25-28(34(3,32)33)15-14-27-13-12-24-17-27/h4-10,12-13,17-18,20-21,31H,11,14-16H2,1-3H3,(H,25,29)(H,26,30)/b10-7+/t20-,21+/m0/s1. The fraction of sp³-hybridized carbons (Fsp3) is 0.435. The molecule has 10 nitrogen and oxygen atoms in total. The van der Waals surface area contributed by atoms with Gasteiger partial charge in [-0.05, 0) is 24.3 Å². The number of hydroxylamine groups is 1. The minimum atomic E-state index is -3.78. The van der Waals surface area contributed by atoms with E-state index in [-0.39, 0.29) is 25.4 Å². The molecule has 1 aromatic carbocycles. The zero-order valence-corrected chi connectivity index (χ0v) is 20.5. The first-order valence-corrected chi connectivity index (χ1v) is 12.9. The molecular formula is C23H33N5O5S. The van der Waals surface area contributed by atoms with Gasteiger partial charge in [-0.25, -0.2) is 18.9 Å². The Morgan fingerprint density at radius 1 is 1.18 bits per heavy atom. The van der Waals surface area contributed by atoms with Crippen LogP contribution in [-0.2, 0) is 26.2 Å². The Bertz CT molecular complexity index is 1040. The van der Waals surface area contributed by atoms with E-state index in [4.69, 9.17) is 0 Å². The number of amides is 2. The van der Waals surface area contributed by atoms with Crippen LogP contribution in [0, 0.1) is 17.8 Å². The van der Waals surface area contributed by atoms with E-state index in [0.717, 1.165) is 16.2 Å². The molecular weight excluding hydrogens is 458 g/mol. The first kappa shape index (κ1) is 27.2. The zero-order valence-electron chi connectivity index (χ0n) is 19.7. The van der Waals surface area contributed by atoms with Crippen LogP contribution in [0.4, 0.5) is 0 Å². The van der Waals surface area contributed by atoms with Gasteiger partial charge in [-0.1, -0.05) is 56.3 Å². The molecule has 0 aliphatic rings. The predicted octanol–water partition coefficient (Wildman–Crippen LogP) is 2.06. The number of aromatic nitrogens is 2. The van der Waals surface area contributed by atoms with Gasteiger partial charge in [0.25, 0.3) is 0 Å². The molecule has 1 aromatic heterocycles. The Morgan fingerprint density at radius 3 is 2.44 bits per heavy atom. The third kappa shape index (κ3) is 8.73. The number of benzene rings is 1. The number of carbonyl (C=O) groups is 2. The Labute approximate surface area is 200 Å². The molecule has 2 amide bonds. The van der Waals surface area contributed by atoms with Crippen molar-refractivity contribution in [2.45, 2.75) is 33.2 Å². The molecule has 0 unspecified atom stereocenters. The van der Waals surface area contributed by atoms with Crippen LogP contribution in [0.25, 0.3) is 6.08 Å². The topological polar surface area (TPSA) is 134 Å². The van der Waals surface area contributed by atoms with Gasteiger partial charge >= 0.3 is 0 Å². The maximum absolute atomic E-state index is 13.3. The number of allylic oxidation sites excluding steroid dienone is 1. The van der Waals surface area contributed by atoms with Gasteiger partial charge in [0.05, 0.1) is 31.0 Å². The summed E-state index contributed by atoms with van der Waals surface area (Å²) in [7, 11) is -3.78. The van der Waals surface area contributed by atoms with E-state index in [9.17, 15) is 23.2 Å². The Balaban J connectivity index is 2.22. The second-order valence-electron chi connectivity index (χ2n) is 8.48. The number of hydrogen-bond acceptors (Lipinski definition) is 6. The van der Waals surface area contributed by atoms with E-state index in [1.165, 1.54) is 0 Å². The molecule has 0 fully saturated rings. The summed E-state index contributed by atoms with van der Waals surface area (Å²) in [5, 5.41) is 9.32. The van der Waals surface area contributed by atoms with Crippen molar-refractivity contribution in [1.29, 1.82) is 0 Å². The predicted molar refractivity (Wildman–Crippen MR) is 128 cm³/mol. The minimum absolute atomic E-state index is 0.0138. The van der Waals surface area contributed by atoms with Crippen LogP contribution in [-0.4, -0.2) is 52.2 Å². The van der Waals surface area contributed by atoms with Crippen molar-refractivity contribution in [3.8, 4) is 0 Å². The van der Waals surface area contributed by atoms with Gasteiger partial charge in [-0.15, -0.1) is 4.41 Å². The van der Waals surface area contributed by atoms with E-state index in [0.29, 0.717) is 6.42 Å². The summed E-state index contributed by atoms with van der Waals surface area (Å²) in [4.78, 5) is 29.7. The molecule has 11 heteroatoms. The second kappa shape index (κ2) is 13.0. The van der Waals surface area contributed by atoms with E-state index >= 15 is 0 Å². The molecule has 2 atom stereocenters. The molecule has 2 aromatic rings. The fourth-order valence-corrected chi connectivity index (χ4v) is 4.22. The number of sulfonamides is 1. The highest BCUT2D eigenvalue weighted by molar-refractivity contribution is 7.88. The smallest absolute Gasteiger partial charge is 0.247 e. The third-order valence-corrected chi connectivity index (χ3v) is 6.32. The van der Waals surface area contributed by atoms with E-state index in [1.54, 1.807) is 34.8 Å². The van der Waals surface area contributed by atoms with Gasteiger partial charge in [0.15, 0.2) is 0 Å². The number of nitrogens with zero attached hydrogens (tertiary/aromatic N) is 3. The summed E-state index contributed by atoms with van der Waals surface area (Å²) >= 11 is 0. The molecule has 0 spiro atoms. The molecule has 186 valence electrons. The lowest BCUT2D eigenvalue weighted by molar-refractivity contribution is -0.141. The molecule has 0 bridgehead atoms. The fourth-order valence-electron chi connectivity index (χ4n) is 3.55. The Hall–Kier alpha value is -3.02. The first-order valence-electron chi connectivity index (χ1n) is 11.0. The maximum Gasteiger partial charge on any atom is 0.247 e. The van der Waals surface area contributed by atoms with Crippen molar-refractivity contribution in [3.05, 3.63) is 60.7 Å². The maximum atomic E-state index is 13.3. The molecule has 3 N–H and O–H groups in total. The van der Waals surface area contributed by atoms with Crippen molar-refractivity contribution in [2.75, 3.05) is 12.8 Å². The van der Waals surface area contributed by atoms with Gasteiger partial charge in [-0.2, -0.15) is 0 Å². The van der Waals surface area contributed by atoms with Gasteiger partial charge < -0.3 is 4.57 Å². The van der Waals surface area contributed by atoms with Gasteiger partial charge in [0.2, 0.25) is 21.8 Å². The molecule has 0 aliphatic heterocycles. The third-order valence-electron chi connectivity index (χ3n) is 5.25. The van der Waals surface area contributed by atoms with Crippen molar-refractivity contribution in [3.63, 3.8) is 0 Å². The number of carbonyl (C=O) groups excluding carboxylic acids is 2.